The Kier molecular flexibility index (Phi) is 4.61. The summed E-state index contributed by atoms with van der Waals surface area (Å²) in [5.41, 5.74) is 6.42. The normalized spacial score (nSPS) is 11.6. The zero-order valence-corrected chi connectivity index (χ0v) is 9.44. The molecule has 4 nitrogen and oxygen atoms in total. The third-order valence-electron chi connectivity index (χ3n) is 2.43. The number of carbonyl (C=O) groups excluding carboxylic acids is 1. The van der Waals surface area contributed by atoms with E-state index in [-0.39, 0.29) is 18.0 Å². The Morgan fingerprint density at radius 2 is 2.35 bits per heavy atom. The molecule has 0 heterocycles. The summed E-state index contributed by atoms with van der Waals surface area (Å²) in [7, 11) is 1.31. The Hall–Kier alpha value is -1.93. The zero-order valence-electron chi connectivity index (χ0n) is 9.44. The maximum absolute atomic E-state index is 13.1. The Morgan fingerprint density at radius 3 is 2.94 bits per heavy atom. The molecule has 90 valence electrons. The van der Waals surface area contributed by atoms with Gasteiger partial charge in [0.25, 0.3) is 0 Å². The summed E-state index contributed by atoms with van der Waals surface area (Å²) in [5.74, 6) is -0.917. The van der Waals surface area contributed by atoms with Crippen LogP contribution in [0.5, 0.6) is 0 Å². The molecule has 0 aromatic heterocycles. The second-order valence-electron chi connectivity index (χ2n) is 3.57. The molecular weight excluding hydrogens is 223 g/mol. The van der Waals surface area contributed by atoms with E-state index in [9.17, 15) is 9.18 Å². The number of benzene rings is 1. The van der Waals surface area contributed by atoms with Crippen molar-refractivity contribution in [2.24, 2.45) is 5.73 Å². The zero-order chi connectivity index (χ0) is 12.8. The Balaban J connectivity index is 2.73. The molecule has 0 radical (unpaired) electrons. The van der Waals surface area contributed by atoms with Gasteiger partial charge in [0, 0.05) is 12.5 Å². The van der Waals surface area contributed by atoms with Gasteiger partial charge in [-0.15, -0.1) is 0 Å². The topological polar surface area (TPSA) is 76.1 Å². The smallest absolute Gasteiger partial charge is 0.305 e. The lowest BCUT2D eigenvalue weighted by atomic mass is 10.0. The molecule has 0 saturated heterocycles. The van der Waals surface area contributed by atoms with Gasteiger partial charge in [0.2, 0.25) is 0 Å². The average molecular weight is 236 g/mol. The Bertz CT molecular complexity index is 454. The van der Waals surface area contributed by atoms with Crippen LogP contribution in [0.25, 0.3) is 0 Å². The second kappa shape index (κ2) is 5.97. The van der Waals surface area contributed by atoms with E-state index in [0.717, 1.165) is 0 Å². The lowest BCUT2D eigenvalue weighted by Gasteiger charge is -2.11. The third-order valence-corrected chi connectivity index (χ3v) is 2.43. The minimum Gasteiger partial charge on any atom is -0.469 e. The fourth-order valence-electron chi connectivity index (χ4n) is 1.40. The SMILES string of the molecule is COC(=O)CCC(N)c1ccc(F)c(C#N)c1. The predicted octanol–water partition coefficient (Wildman–Crippen LogP) is 1.65. The number of carbonyl (C=O) groups is 1. The molecule has 17 heavy (non-hydrogen) atoms. The van der Waals surface area contributed by atoms with Crippen molar-refractivity contribution in [3.8, 4) is 6.07 Å². The van der Waals surface area contributed by atoms with Crippen LogP contribution in [-0.4, -0.2) is 13.1 Å². The van der Waals surface area contributed by atoms with Crippen molar-refractivity contribution in [3.05, 3.63) is 35.1 Å². The van der Waals surface area contributed by atoms with Gasteiger partial charge in [-0.1, -0.05) is 6.07 Å². The number of nitriles is 1. The van der Waals surface area contributed by atoms with E-state index in [0.29, 0.717) is 12.0 Å². The molecule has 1 atom stereocenters. The minimum atomic E-state index is -0.573. The first-order valence-corrected chi connectivity index (χ1v) is 5.10. The summed E-state index contributed by atoms with van der Waals surface area (Å²) in [6.45, 7) is 0. The van der Waals surface area contributed by atoms with Gasteiger partial charge in [0.15, 0.2) is 0 Å². The fourth-order valence-corrected chi connectivity index (χ4v) is 1.40. The van der Waals surface area contributed by atoms with Crippen molar-refractivity contribution >= 4 is 5.97 Å². The highest BCUT2D eigenvalue weighted by Crippen LogP contribution is 2.19. The lowest BCUT2D eigenvalue weighted by Crippen LogP contribution is -2.13. The van der Waals surface area contributed by atoms with Gasteiger partial charge in [-0.25, -0.2) is 4.39 Å². The molecule has 0 fully saturated rings. The number of esters is 1. The van der Waals surface area contributed by atoms with Crippen LogP contribution in [0.4, 0.5) is 4.39 Å². The third kappa shape index (κ3) is 3.54. The van der Waals surface area contributed by atoms with Gasteiger partial charge < -0.3 is 10.5 Å². The van der Waals surface area contributed by atoms with Gasteiger partial charge in [-0.2, -0.15) is 5.26 Å². The number of methoxy groups -OCH3 is 1. The minimum absolute atomic E-state index is 0.0454. The van der Waals surface area contributed by atoms with Crippen molar-refractivity contribution in [1.29, 1.82) is 5.26 Å². The number of ether oxygens (including phenoxy) is 1. The van der Waals surface area contributed by atoms with Crippen LogP contribution in [0.1, 0.15) is 30.0 Å². The Morgan fingerprint density at radius 1 is 1.65 bits per heavy atom. The molecule has 0 aliphatic heterocycles. The van der Waals surface area contributed by atoms with E-state index >= 15 is 0 Å². The summed E-state index contributed by atoms with van der Waals surface area (Å²) in [4.78, 5) is 10.9. The molecule has 2 N–H and O–H groups in total. The molecular formula is C12H13FN2O2. The van der Waals surface area contributed by atoms with Crippen molar-refractivity contribution < 1.29 is 13.9 Å². The van der Waals surface area contributed by atoms with Crippen molar-refractivity contribution in [2.45, 2.75) is 18.9 Å². The van der Waals surface area contributed by atoms with Gasteiger partial charge in [-0.05, 0) is 24.1 Å². The summed E-state index contributed by atoms with van der Waals surface area (Å²) >= 11 is 0. The van der Waals surface area contributed by atoms with E-state index in [1.165, 1.54) is 25.3 Å². The summed E-state index contributed by atoms with van der Waals surface area (Å²) < 4.78 is 17.6. The summed E-state index contributed by atoms with van der Waals surface area (Å²) in [6.07, 6.45) is 0.583. The highest BCUT2D eigenvalue weighted by molar-refractivity contribution is 5.69. The molecule has 1 unspecified atom stereocenters. The molecule has 1 aromatic carbocycles. The van der Waals surface area contributed by atoms with Crippen molar-refractivity contribution in [3.63, 3.8) is 0 Å². The first kappa shape index (κ1) is 13.1. The molecule has 0 amide bonds. The first-order chi connectivity index (χ1) is 8.08. The average Bonchev–Trinajstić information content (AvgIpc) is 2.35. The van der Waals surface area contributed by atoms with Crippen LogP contribution >= 0.6 is 0 Å². The van der Waals surface area contributed by atoms with E-state index in [2.05, 4.69) is 4.74 Å². The van der Waals surface area contributed by atoms with Crippen LogP contribution in [0.15, 0.2) is 18.2 Å². The number of nitrogens with two attached hydrogens (primary N) is 1. The highest BCUT2D eigenvalue weighted by Gasteiger charge is 2.11. The number of rotatable bonds is 4. The Labute approximate surface area is 98.8 Å². The quantitative estimate of drug-likeness (QED) is 0.806. The first-order valence-electron chi connectivity index (χ1n) is 5.10. The van der Waals surface area contributed by atoms with E-state index in [1.54, 1.807) is 6.07 Å². The van der Waals surface area contributed by atoms with Crippen LogP contribution in [0.3, 0.4) is 0 Å². The molecule has 0 aliphatic rings. The molecule has 0 aliphatic carbocycles. The highest BCUT2D eigenvalue weighted by atomic mass is 19.1. The van der Waals surface area contributed by atoms with Gasteiger partial charge in [-0.3, -0.25) is 4.79 Å². The van der Waals surface area contributed by atoms with Crippen LogP contribution < -0.4 is 5.73 Å². The monoisotopic (exact) mass is 236 g/mol. The van der Waals surface area contributed by atoms with Crippen LogP contribution in [0, 0.1) is 17.1 Å². The van der Waals surface area contributed by atoms with E-state index in [4.69, 9.17) is 11.0 Å². The molecule has 0 bridgehead atoms. The van der Waals surface area contributed by atoms with Gasteiger partial charge in [0.1, 0.15) is 11.9 Å². The van der Waals surface area contributed by atoms with Crippen LogP contribution in [0.2, 0.25) is 0 Å². The van der Waals surface area contributed by atoms with E-state index < -0.39 is 11.9 Å². The molecule has 0 saturated carbocycles. The number of halogens is 1. The van der Waals surface area contributed by atoms with Gasteiger partial charge in [0.05, 0.1) is 12.7 Å². The number of hydrogen-bond acceptors (Lipinski definition) is 4. The summed E-state index contributed by atoms with van der Waals surface area (Å²) in [6, 6.07) is 5.44. The predicted molar refractivity (Wildman–Crippen MR) is 59.3 cm³/mol. The fraction of sp³-hybridized carbons (Fsp3) is 0.333. The van der Waals surface area contributed by atoms with Gasteiger partial charge >= 0.3 is 5.97 Å². The van der Waals surface area contributed by atoms with Crippen LogP contribution in [-0.2, 0) is 9.53 Å². The maximum Gasteiger partial charge on any atom is 0.305 e. The molecule has 1 rings (SSSR count). The van der Waals surface area contributed by atoms with Crippen molar-refractivity contribution in [1.82, 2.24) is 0 Å². The number of nitrogens with zero attached hydrogens (tertiary/aromatic N) is 1. The van der Waals surface area contributed by atoms with E-state index in [1.807, 2.05) is 0 Å². The summed E-state index contributed by atoms with van der Waals surface area (Å²) in [5, 5.41) is 8.68. The maximum atomic E-state index is 13.1. The standard InChI is InChI=1S/C12H13FN2O2/c1-17-12(16)5-4-11(15)8-2-3-10(13)9(6-8)7-14/h2-3,6,11H,4-5,15H2,1H3. The molecule has 5 heteroatoms. The van der Waals surface area contributed by atoms with Crippen molar-refractivity contribution in [2.75, 3.05) is 7.11 Å². The largest absolute Gasteiger partial charge is 0.469 e. The molecule has 0 spiro atoms. The molecule has 1 aromatic rings. The number of hydrogen-bond donors (Lipinski definition) is 1. The lowest BCUT2D eigenvalue weighted by molar-refractivity contribution is -0.140. The second-order valence-corrected chi connectivity index (χ2v) is 3.57.